The standard InChI is InChI=1S/C12H14N4O2/c1-8-3-4-9(18-8)7-16(2)12(17)10-11(13)15-6-5-14-10/h3-6H,7H2,1-2H3,(H2,13,15). The number of furan rings is 1. The van der Waals surface area contributed by atoms with Crippen LogP contribution in [0.15, 0.2) is 28.9 Å². The van der Waals surface area contributed by atoms with Crippen LogP contribution in [-0.4, -0.2) is 27.8 Å². The van der Waals surface area contributed by atoms with Crippen LogP contribution < -0.4 is 5.73 Å². The maximum atomic E-state index is 12.1. The number of anilines is 1. The molecular weight excluding hydrogens is 232 g/mol. The summed E-state index contributed by atoms with van der Waals surface area (Å²) in [4.78, 5) is 21.3. The summed E-state index contributed by atoms with van der Waals surface area (Å²) in [5.74, 6) is 1.37. The third-order valence-corrected chi connectivity index (χ3v) is 2.46. The van der Waals surface area contributed by atoms with Gasteiger partial charge in [0.15, 0.2) is 11.5 Å². The molecule has 0 saturated carbocycles. The number of hydrogen-bond donors (Lipinski definition) is 1. The van der Waals surface area contributed by atoms with Gasteiger partial charge in [0.25, 0.3) is 5.91 Å². The van der Waals surface area contributed by atoms with Crippen molar-refractivity contribution < 1.29 is 9.21 Å². The van der Waals surface area contributed by atoms with Gasteiger partial charge in [-0.05, 0) is 19.1 Å². The van der Waals surface area contributed by atoms with E-state index in [0.29, 0.717) is 12.3 Å². The predicted molar refractivity (Wildman–Crippen MR) is 65.7 cm³/mol. The number of aromatic nitrogens is 2. The van der Waals surface area contributed by atoms with Crippen molar-refractivity contribution in [3.05, 3.63) is 41.7 Å². The zero-order valence-electron chi connectivity index (χ0n) is 10.3. The van der Waals surface area contributed by atoms with E-state index in [1.165, 1.54) is 17.3 Å². The van der Waals surface area contributed by atoms with E-state index < -0.39 is 0 Å². The minimum atomic E-state index is -0.283. The summed E-state index contributed by atoms with van der Waals surface area (Å²) in [6.07, 6.45) is 2.89. The van der Waals surface area contributed by atoms with Crippen LogP contribution in [0.4, 0.5) is 5.82 Å². The number of carbonyl (C=O) groups is 1. The second-order valence-electron chi connectivity index (χ2n) is 3.96. The van der Waals surface area contributed by atoms with Crippen LogP contribution in [0, 0.1) is 6.92 Å². The molecule has 0 saturated heterocycles. The lowest BCUT2D eigenvalue weighted by Crippen LogP contribution is -2.28. The third-order valence-electron chi connectivity index (χ3n) is 2.46. The van der Waals surface area contributed by atoms with Crippen molar-refractivity contribution in [1.29, 1.82) is 0 Å². The van der Waals surface area contributed by atoms with E-state index >= 15 is 0 Å². The molecule has 2 aromatic heterocycles. The van der Waals surface area contributed by atoms with E-state index in [1.807, 2.05) is 19.1 Å². The Morgan fingerprint density at radius 1 is 1.39 bits per heavy atom. The fourth-order valence-electron chi connectivity index (χ4n) is 1.57. The molecule has 0 unspecified atom stereocenters. The first-order valence-corrected chi connectivity index (χ1v) is 5.45. The average molecular weight is 246 g/mol. The lowest BCUT2D eigenvalue weighted by molar-refractivity contribution is 0.0770. The number of nitrogens with zero attached hydrogens (tertiary/aromatic N) is 3. The highest BCUT2D eigenvalue weighted by molar-refractivity contribution is 5.95. The molecule has 2 N–H and O–H groups in total. The normalized spacial score (nSPS) is 10.3. The van der Waals surface area contributed by atoms with Crippen LogP contribution in [0.3, 0.4) is 0 Å². The smallest absolute Gasteiger partial charge is 0.276 e. The van der Waals surface area contributed by atoms with E-state index in [2.05, 4.69) is 9.97 Å². The molecule has 18 heavy (non-hydrogen) atoms. The number of carbonyl (C=O) groups excluding carboxylic acids is 1. The van der Waals surface area contributed by atoms with Crippen molar-refractivity contribution in [3.63, 3.8) is 0 Å². The van der Waals surface area contributed by atoms with E-state index in [4.69, 9.17) is 10.2 Å². The molecule has 0 atom stereocenters. The molecule has 0 radical (unpaired) electrons. The van der Waals surface area contributed by atoms with Gasteiger partial charge in [-0.25, -0.2) is 9.97 Å². The summed E-state index contributed by atoms with van der Waals surface area (Å²) in [7, 11) is 1.66. The molecule has 0 fully saturated rings. The first-order valence-electron chi connectivity index (χ1n) is 5.45. The van der Waals surface area contributed by atoms with Crippen LogP contribution in [0.2, 0.25) is 0 Å². The first kappa shape index (κ1) is 12.1. The van der Waals surface area contributed by atoms with Gasteiger partial charge >= 0.3 is 0 Å². The van der Waals surface area contributed by atoms with Crippen molar-refractivity contribution in [3.8, 4) is 0 Å². The van der Waals surface area contributed by atoms with Gasteiger partial charge in [-0.3, -0.25) is 4.79 Å². The SMILES string of the molecule is Cc1ccc(CN(C)C(=O)c2nccnc2N)o1. The number of amides is 1. The summed E-state index contributed by atoms with van der Waals surface area (Å²) in [5, 5.41) is 0. The molecular formula is C12H14N4O2. The molecule has 0 aliphatic rings. The number of nitrogen functional groups attached to an aromatic ring is 1. The van der Waals surface area contributed by atoms with Crippen LogP contribution in [0.25, 0.3) is 0 Å². The molecule has 0 aliphatic heterocycles. The monoisotopic (exact) mass is 246 g/mol. The number of aryl methyl sites for hydroxylation is 1. The lowest BCUT2D eigenvalue weighted by atomic mass is 10.3. The van der Waals surface area contributed by atoms with Gasteiger partial charge in [0, 0.05) is 19.4 Å². The quantitative estimate of drug-likeness (QED) is 0.880. The van der Waals surface area contributed by atoms with E-state index in [9.17, 15) is 4.79 Å². The fourth-order valence-corrected chi connectivity index (χ4v) is 1.57. The molecule has 2 heterocycles. The van der Waals surface area contributed by atoms with Gasteiger partial charge in [-0.2, -0.15) is 0 Å². The molecule has 6 heteroatoms. The van der Waals surface area contributed by atoms with Crippen LogP contribution in [-0.2, 0) is 6.54 Å². The molecule has 1 amide bonds. The average Bonchev–Trinajstić information content (AvgIpc) is 2.74. The molecule has 2 aromatic rings. The Balaban J connectivity index is 2.12. The van der Waals surface area contributed by atoms with Crippen molar-refractivity contribution >= 4 is 11.7 Å². The highest BCUT2D eigenvalue weighted by atomic mass is 16.3. The minimum absolute atomic E-state index is 0.130. The molecule has 6 nitrogen and oxygen atoms in total. The molecule has 0 aliphatic carbocycles. The van der Waals surface area contributed by atoms with Gasteiger partial charge < -0.3 is 15.1 Å². The Morgan fingerprint density at radius 2 is 2.11 bits per heavy atom. The molecule has 0 spiro atoms. The third kappa shape index (κ3) is 2.48. The molecule has 94 valence electrons. The topological polar surface area (TPSA) is 85.2 Å². The Kier molecular flexibility index (Phi) is 3.27. The maximum Gasteiger partial charge on any atom is 0.276 e. The Bertz CT molecular complexity index is 565. The molecule has 2 rings (SSSR count). The summed E-state index contributed by atoms with van der Waals surface area (Å²) in [5.41, 5.74) is 5.77. The van der Waals surface area contributed by atoms with Gasteiger partial charge in [-0.1, -0.05) is 0 Å². The largest absolute Gasteiger partial charge is 0.464 e. The van der Waals surface area contributed by atoms with Gasteiger partial charge in [0.1, 0.15) is 11.5 Å². The Labute approximate surface area is 104 Å². The summed E-state index contributed by atoms with van der Waals surface area (Å²) >= 11 is 0. The van der Waals surface area contributed by atoms with E-state index in [1.54, 1.807) is 7.05 Å². The second kappa shape index (κ2) is 4.87. The zero-order valence-corrected chi connectivity index (χ0v) is 10.3. The van der Waals surface area contributed by atoms with E-state index in [0.717, 1.165) is 5.76 Å². The minimum Gasteiger partial charge on any atom is -0.464 e. The Morgan fingerprint density at radius 3 is 2.72 bits per heavy atom. The van der Waals surface area contributed by atoms with Crippen molar-refractivity contribution in [2.24, 2.45) is 0 Å². The summed E-state index contributed by atoms with van der Waals surface area (Å²) in [6.45, 7) is 2.22. The van der Waals surface area contributed by atoms with Crippen LogP contribution >= 0.6 is 0 Å². The summed E-state index contributed by atoms with van der Waals surface area (Å²) < 4.78 is 5.41. The van der Waals surface area contributed by atoms with Crippen molar-refractivity contribution in [1.82, 2.24) is 14.9 Å². The van der Waals surface area contributed by atoms with Crippen LogP contribution in [0.1, 0.15) is 22.0 Å². The highest BCUT2D eigenvalue weighted by Crippen LogP contribution is 2.12. The second-order valence-corrected chi connectivity index (χ2v) is 3.96. The number of nitrogens with two attached hydrogens (primary N) is 1. The molecule has 0 bridgehead atoms. The number of hydrogen-bond acceptors (Lipinski definition) is 5. The predicted octanol–water partition coefficient (Wildman–Crippen LogP) is 1.23. The highest BCUT2D eigenvalue weighted by Gasteiger charge is 2.17. The lowest BCUT2D eigenvalue weighted by Gasteiger charge is -2.15. The van der Waals surface area contributed by atoms with Gasteiger partial charge in [-0.15, -0.1) is 0 Å². The molecule has 0 aromatic carbocycles. The first-order chi connectivity index (χ1) is 8.58. The fraction of sp³-hybridized carbons (Fsp3) is 0.250. The number of rotatable bonds is 3. The zero-order chi connectivity index (χ0) is 13.1. The van der Waals surface area contributed by atoms with E-state index in [-0.39, 0.29) is 17.4 Å². The Hall–Kier alpha value is -2.37. The maximum absolute atomic E-state index is 12.1. The van der Waals surface area contributed by atoms with Crippen LogP contribution in [0.5, 0.6) is 0 Å². The van der Waals surface area contributed by atoms with Crippen molar-refractivity contribution in [2.45, 2.75) is 13.5 Å². The van der Waals surface area contributed by atoms with Crippen molar-refractivity contribution in [2.75, 3.05) is 12.8 Å². The summed E-state index contributed by atoms with van der Waals surface area (Å²) in [6, 6.07) is 3.68. The van der Waals surface area contributed by atoms with Gasteiger partial charge in [0.2, 0.25) is 0 Å². The van der Waals surface area contributed by atoms with Gasteiger partial charge in [0.05, 0.1) is 6.54 Å².